The molecule has 3 aromatic rings. The van der Waals surface area contributed by atoms with Gasteiger partial charge in [0.25, 0.3) is 5.91 Å². The highest BCUT2D eigenvalue weighted by atomic mass is 35.5. The van der Waals surface area contributed by atoms with Crippen molar-refractivity contribution in [3.05, 3.63) is 87.4 Å². The lowest BCUT2D eigenvalue weighted by Gasteiger charge is -2.13. The van der Waals surface area contributed by atoms with Crippen molar-refractivity contribution in [2.24, 2.45) is 0 Å². The molecule has 0 unspecified atom stereocenters. The maximum Gasteiger partial charge on any atom is 0.255 e. The van der Waals surface area contributed by atoms with Crippen LogP contribution >= 0.6 is 23.2 Å². The fourth-order valence-electron chi connectivity index (χ4n) is 2.90. The molecule has 0 aliphatic rings. The van der Waals surface area contributed by atoms with Crippen molar-refractivity contribution in [1.29, 1.82) is 0 Å². The lowest BCUT2D eigenvalue weighted by Crippen LogP contribution is -2.12. The topological polar surface area (TPSA) is 47.6 Å². The zero-order valence-electron chi connectivity index (χ0n) is 15.5. The van der Waals surface area contributed by atoms with Crippen LogP contribution in [0.25, 0.3) is 0 Å². The molecule has 6 heteroatoms. The number of methoxy groups -OCH3 is 2. The van der Waals surface area contributed by atoms with Crippen LogP contribution in [0.5, 0.6) is 11.5 Å². The van der Waals surface area contributed by atoms with Gasteiger partial charge in [0.15, 0.2) is 5.75 Å². The number of amides is 1. The van der Waals surface area contributed by atoms with Gasteiger partial charge < -0.3 is 14.8 Å². The number of carbonyl (C=O) groups excluding carboxylic acids is 1. The third kappa shape index (κ3) is 4.58. The van der Waals surface area contributed by atoms with Crippen molar-refractivity contribution in [3.63, 3.8) is 0 Å². The second kappa shape index (κ2) is 9.00. The second-order valence-corrected chi connectivity index (χ2v) is 6.93. The molecule has 0 radical (unpaired) electrons. The van der Waals surface area contributed by atoms with E-state index in [2.05, 4.69) is 5.32 Å². The number of hydrogen-bond acceptors (Lipinski definition) is 3. The predicted octanol–water partition coefficient (Wildman–Crippen LogP) is 5.85. The van der Waals surface area contributed by atoms with E-state index in [9.17, 15) is 4.79 Å². The second-order valence-electron chi connectivity index (χ2n) is 6.12. The molecular formula is C22H19Cl2NO3. The number of anilines is 1. The zero-order valence-corrected chi connectivity index (χ0v) is 17.0. The lowest BCUT2D eigenvalue weighted by molar-refractivity contribution is 0.102. The maximum atomic E-state index is 12.6. The van der Waals surface area contributed by atoms with Crippen LogP contribution in [0.3, 0.4) is 0 Å². The van der Waals surface area contributed by atoms with Gasteiger partial charge >= 0.3 is 0 Å². The van der Waals surface area contributed by atoms with Crippen LogP contribution in [0.2, 0.25) is 10.0 Å². The van der Waals surface area contributed by atoms with E-state index in [4.69, 9.17) is 32.7 Å². The number of ether oxygens (including phenoxy) is 2. The van der Waals surface area contributed by atoms with Gasteiger partial charge in [-0.2, -0.15) is 0 Å². The Morgan fingerprint density at radius 3 is 2.21 bits per heavy atom. The van der Waals surface area contributed by atoms with E-state index in [1.165, 1.54) is 19.2 Å². The first-order valence-electron chi connectivity index (χ1n) is 8.57. The summed E-state index contributed by atoms with van der Waals surface area (Å²) >= 11 is 12.3. The van der Waals surface area contributed by atoms with Crippen molar-refractivity contribution in [3.8, 4) is 11.5 Å². The minimum atomic E-state index is -0.317. The average Bonchev–Trinajstić information content (AvgIpc) is 2.69. The Morgan fingerprint density at radius 2 is 1.61 bits per heavy atom. The van der Waals surface area contributed by atoms with E-state index in [0.29, 0.717) is 23.4 Å². The van der Waals surface area contributed by atoms with Gasteiger partial charge in [-0.25, -0.2) is 0 Å². The molecule has 144 valence electrons. The molecule has 0 bridgehead atoms. The molecule has 0 heterocycles. The molecule has 28 heavy (non-hydrogen) atoms. The SMILES string of the molecule is COc1ccc(NC(=O)c2cc(Cl)c(OC)c(Cl)c2)cc1Cc1ccccc1. The van der Waals surface area contributed by atoms with Gasteiger partial charge in [-0.15, -0.1) is 0 Å². The number of benzene rings is 3. The largest absolute Gasteiger partial charge is 0.496 e. The standard InChI is InChI=1S/C22H19Cl2NO3/c1-27-20-9-8-17(11-15(20)10-14-6-4-3-5-7-14)25-22(26)16-12-18(23)21(28-2)19(24)13-16/h3-9,11-13H,10H2,1-2H3,(H,25,26). The Hall–Kier alpha value is -2.69. The Labute approximate surface area is 174 Å². The van der Waals surface area contributed by atoms with Crippen LogP contribution in [0, 0.1) is 0 Å². The van der Waals surface area contributed by atoms with Gasteiger partial charge in [0, 0.05) is 23.2 Å². The van der Waals surface area contributed by atoms with Crippen LogP contribution in [-0.2, 0) is 6.42 Å². The maximum absolute atomic E-state index is 12.6. The number of halogens is 2. The molecule has 0 aliphatic heterocycles. The molecule has 0 saturated heterocycles. The van der Waals surface area contributed by atoms with Gasteiger partial charge in [-0.3, -0.25) is 4.79 Å². The Morgan fingerprint density at radius 1 is 0.929 bits per heavy atom. The van der Waals surface area contributed by atoms with Gasteiger partial charge in [-0.1, -0.05) is 53.5 Å². The smallest absolute Gasteiger partial charge is 0.255 e. The molecule has 3 aromatic carbocycles. The summed E-state index contributed by atoms with van der Waals surface area (Å²) in [7, 11) is 3.10. The van der Waals surface area contributed by atoms with E-state index >= 15 is 0 Å². The summed E-state index contributed by atoms with van der Waals surface area (Å²) in [6.45, 7) is 0. The van der Waals surface area contributed by atoms with E-state index in [0.717, 1.165) is 16.9 Å². The summed E-state index contributed by atoms with van der Waals surface area (Å²) in [6, 6.07) is 18.6. The van der Waals surface area contributed by atoms with E-state index in [1.54, 1.807) is 13.2 Å². The molecule has 0 spiro atoms. The van der Waals surface area contributed by atoms with E-state index < -0.39 is 0 Å². The third-order valence-electron chi connectivity index (χ3n) is 4.24. The summed E-state index contributed by atoms with van der Waals surface area (Å²) in [5.41, 5.74) is 3.12. The Bertz CT molecular complexity index is 967. The molecule has 0 aliphatic carbocycles. The van der Waals surface area contributed by atoms with E-state index in [1.807, 2.05) is 42.5 Å². The fraction of sp³-hybridized carbons (Fsp3) is 0.136. The number of rotatable bonds is 6. The number of hydrogen-bond donors (Lipinski definition) is 1. The Balaban J connectivity index is 1.84. The van der Waals surface area contributed by atoms with Crippen LogP contribution in [-0.4, -0.2) is 20.1 Å². The zero-order chi connectivity index (χ0) is 20.1. The summed E-state index contributed by atoms with van der Waals surface area (Å²) in [5, 5.41) is 3.43. The average molecular weight is 416 g/mol. The predicted molar refractivity (Wildman–Crippen MR) is 113 cm³/mol. The summed E-state index contributed by atoms with van der Waals surface area (Å²) in [4.78, 5) is 12.6. The van der Waals surface area contributed by atoms with Gasteiger partial charge in [0.05, 0.1) is 24.3 Å². The first-order valence-corrected chi connectivity index (χ1v) is 9.32. The minimum Gasteiger partial charge on any atom is -0.496 e. The molecule has 0 aromatic heterocycles. The normalized spacial score (nSPS) is 10.4. The van der Waals surface area contributed by atoms with Gasteiger partial charge in [0.1, 0.15) is 5.75 Å². The van der Waals surface area contributed by atoms with Crippen molar-refractivity contribution in [2.45, 2.75) is 6.42 Å². The Kier molecular flexibility index (Phi) is 6.45. The first kappa shape index (κ1) is 20.1. The molecule has 3 rings (SSSR count). The summed E-state index contributed by atoms with van der Waals surface area (Å²) in [6.07, 6.45) is 0.688. The first-order chi connectivity index (χ1) is 13.5. The molecule has 0 saturated carbocycles. The van der Waals surface area contributed by atoms with Crippen molar-refractivity contribution in [1.82, 2.24) is 0 Å². The minimum absolute atomic E-state index is 0.277. The summed E-state index contributed by atoms with van der Waals surface area (Å²) in [5.74, 6) is 0.786. The van der Waals surface area contributed by atoms with Gasteiger partial charge in [0.2, 0.25) is 0 Å². The number of carbonyl (C=O) groups is 1. The van der Waals surface area contributed by atoms with Crippen molar-refractivity contribution in [2.75, 3.05) is 19.5 Å². The summed E-state index contributed by atoms with van der Waals surface area (Å²) < 4.78 is 10.6. The fourth-order valence-corrected chi connectivity index (χ4v) is 3.54. The molecular weight excluding hydrogens is 397 g/mol. The third-order valence-corrected chi connectivity index (χ3v) is 4.80. The monoisotopic (exact) mass is 415 g/mol. The van der Waals surface area contributed by atoms with Crippen molar-refractivity contribution >= 4 is 34.8 Å². The highest BCUT2D eigenvalue weighted by molar-refractivity contribution is 6.37. The molecule has 0 fully saturated rings. The number of nitrogens with one attached hydrogen (secondary N) is 1. The van der Waals surface area contributed by atoms with Crippen molar-refractivity contribution < 1.29 is 14.3 Å². The quantitative estimate of drug-likeness (QED) is 0.548. The van der Waals surface area contributed by atoms with Gasteiger partial charge in [-0.05, 0) is 35.9 Å². The highest BCUT2D eigenvalue weighted by Crippen LogP contribution is 2.34. The van der Waals surface area contributed by atoms with Crippen LogP contribution < -0.4 is 14.8 Å². The van der Waals surface area contributed by atoms with Crippen LogP contribution in [0.4, 0.5) is 5.69 Å². The van der Waals surface area contributed by atoms with Crippen LogP contribution in [0.15, 0.2) is 60.7 Å². The van der Waals surface area contributed by atoms with Crippen LogP contribution in [0.1, 0.15) is 21.5 Å². The molecule has 0 atom stereocenters. The molecule has 4 nitrogen and oxygen atoms in total. The van der Waals surface area contributed by atoms with E-state index in [-0.39, 0.29) is 16.0 Å². The lowest BCUT2D eigenvalue weighted by atomic mass is 10.0. The molecule has 1 amide bonds. The highest BCUT2D eigenvalue weighted by Gasteiger charge is 2.14. The molecule has 1 N–H and O–H groups in total.